The third-order valence-corrected chi connectivity index (χ3v) is 5.97. The van der Waals surface area contributed by atoms with E-state index < -0.39 is 11.9 Å². The largest absolute Gasteiger partial charge is 0.423 e. The maximum Gasteiger partial charge on any atom is 0.335 e. The van der Waals surface area contributed by atoms with Crippen LogP contribution in [0.2, 0.25) is 0 Å². The first-order chi connectivity index (χ1) is 18.1. The smallest absolute Gasteiger partial charge is 0.335 e. The van der Waals surface area contributed by atoms with Crippen LogP contribution in [0.25, 0.3) is 21.5 Å². The number of esters is 2. The molecule has 0 N–H and O–H groups in total. The number of carbonyl (C=O) groups excluding carboxylic acids is 2. The maximum atomic E-state index is 12.0. The second-order valence-electron chi connectivity index (χ2n) is 8.18. The van der Waals surface area contributed by atoms with Gasteiger partial charge in [-0.15, -0.1) is 0 Å². The highest BCUT2D eigenvalue weighted by Gasteiger charge is 2.20. The second-order valence-corrected chi connectivity index (χ2v) is 8.18. The van der Waals surface area contributed by atoms with Crippen molar-refractivity contribution < 1.29 is 19.1 Å². The fraction of sp³-hybridized carbons (Fsp3) is 0. The van der Waals surface area contributed by atoms with Crippen LogP contribution >= 0.6 is 0 Å². The van der Waals surface area contributed by atoms with Gasteiger partial charge in [0, 0.05) is 39.4 Å². The third kappa shape index (κ3) is 4.58. The van der Waals surface area contributed by atoms with E-state index in [1.165, 1.54) is 0 Å². The zero-order chi connectivity index (χ0) is 25.8. The van der Waals surface area contributed by atoms with Gasteiger partial charge in [-0.25, -0.2) is 9.59 Å². The maximum absolute atomic E-state index is 12.0. The number of hydrogen-bond acceptors (Lipinski definition) is 5. The highest BCUT2D eigenvalue weighted by atomic mass is 16.5. The molecule has 5 aromatic carbocycles. The van der Waals surface area contributed by atoms with Crippen LogP contribution in [0.5, 0.6) is 11.5 Å². The fourth-order valence-corrected chi connectivity index (χ4v) is 4.36. The van der Waals surface area contributed by atoms with Crippen molar-refractivity contribution in [3.05, 3.63) is 128 Å². The summed E-state index contributed by atoms with van der Waals surface area (Å²) in [5.74, 6) is -0.135. The molecule has 0 aliphatic heterocycles. The Labute approximate surface area is 214 Å². The van der Waals surface area contributed by atoms with E-state index in [0.717, 1.165) is 50.8 Å². The summed E-state index contributed by atoms with van der Waals surface area (Å²) in [5, 5.41) is 3.37. The van der Waals surface area contributed by atoms with Gasteiger partial charge >= 0.3 is 11.9 Å². The molecule has 0 unspecified atom stereocenters. The van der Waals surface area contributed by atoms with Crippen LogP contribution in [-0.2, 0) is 9.59 Å². The lowest BCUT2D eigenvalue weighted by Gasteiger charge is -2.28. The lowest BCUT2D eigenvalue weighted by Crippen LogP contribution is -2.12. The van der Waals surface area contributed by atoms with Crippen LogP contribution < -0.4 is 14.4 Å². The van der Waals surface area contributed by atoms with E-state index in [0.29, 0.717) is 11.5 Å². The van der Waals surface area contributed by atoms with Gasteiger partial charge < -0.3 is 14.4 Å². The number of rotatable bonds is 7. The Morgan fingerprint density at radius 2 is 0.946 bits per heavy atom. The number of nitrogens with zero attached hydrogens (tertiary/aromatic N) is 1. The summed E-state index contributed by atoms with van der Waals surface area (Å²) >= 11 is 0. The monoisotopic (exact) mass is 485 g/mol. The Bertz CT molecular complexity index is 1550. The van der Waals surface area contributed by atoms with Gasteiger partial charge in [-0.05, 0) is 36.4 Å². The molecule has 0 fully saturated rings. The first-order valence-corrected chi connectivity index (χ1v) is 11.7. The van der Waals surface area contributed by atoms with Crippen molar-refractivity contribution in [1.29, 1.82) is 0 Å². The molecule has 5 aromatic rings. The lowest BCUT2D eigenvalue weighted by atomic mass is 10.0. The minimum atomic E-state index is -0.520. The number of carbonyl (C=O) groups is 2. The molecule has 5 rings (SSSR count). The van der Waals surface area contributed by atoms with Crippen molar-refractivity contribution >= 4 is 50.5 Å². The number of anilines is 3. The molecule has 0 aliphatic carbocycles. The Hall–Kier alpha value is -5.16. The molecule has 0 aliphatic rings. The molecule has 0 saturated carbocycles. The molecule has 0 saturated heterocycles. The molecular formula is C32H23NO4. The predicted molar refractivity (Wildman–Crippen MR) is 148 cm³/mol. The molecule has 0 aromatic heterocycles. The van der Waals surface area contributed by atoms with Gasteiger partial charge in [0.05, 0.1) is 11.4 Å². The Balaban J connectivity index is 1.77. The van der Waals surface area contributed by atoms with Gasteiger partial charge in [-0.1, -0.05) is 79.9 Å². The molecule has 0 atom stereocenters. The topological polar surface area (TPSA) is 55.8 Å². The standard InChI is InChI=1S/C32H23NO4/c1-3-31(34)36-29-20-18-27(23-14-8-10-16-25(23)29)33(22-12-6-5-7-13-22)28-19-21-30(37-32(35)4-2)26-17-11-9-15-24(26)28/h3-21H,1-2H2. The zero-order valence-electron chi connectivity index (χ0n) is 20.0. The minimum Gasteiger partial charge on any atom is -0.423 e. The Morgan fingerprint density at radius 1 is 0.541 bits per heavy atom. The number of ether oxygens (including phenoxy) is 2. The van der Waals surface area contributed by atoms with Gasteiger partial charge in [0.25, 0.3) is 0 Å². The minimum absolute atomic E-state index is 0.453. The normalized spacial score (nSPS) is 10.6. The molecule has 0 spiro atoms. The first kappa shape index (κ1) is 23.6. The molecule has 5 nitrogen and oxygen atoms in total. The van der Waals surface area contributed by atoms with E-state index in [1.807, 2.05) is 91.0 Å². The summed E-state index contributed by atoms with van der Waals surface area (Å²) in [6.45, 7) is 7.00. The van der Waals surface area contributed by atoms with Gasteiger partial charge in [0.1, 0.15) is 11.5 Å². The second kappa shape index (κ2) is 10.2. The number of hydrogen-bond donors (Lipinski definition) is 0. The summed E-state index contributed by atoms with van der Waals surface area (Å²) in [6.07, 6.45) is 2.29. The summed E-state index contributed by atoms with van der Waals surface area (Å²) in [4.78, 5) is 26.1. The fourth-order valence-electron chi connectivity index (χ4n) is 4.36. The lowest BCUT2D eigenvalue weighted by molar-refractivity contribution is -0.129. The zero-order valence-corrected chi connectivity index (χ0v) is 20.0. The summed E-state index contributed by atoms with van der Waals surface area (Å²) in [5.41, 5.74) is 2.71. The average molecular weight is 486 g/mol. The molecule has 0 heterocycles. The van der Waals surface area contributed by atoms with Gasteiger partial charge in [0.2, 0.25) is 0 Å². The van der Waals surface area contributed by atoms with Crippen LogP contribution in [-0.4, -0.2) is 11.9 Å². The van der Waals surface area contributed by atoms with Gasteiger partial charge in [0.15, 0.2) is 0 Å². The van der Waals surface area contributed by atoms with E-state index in [-0.39, 0.29) is 0 Å². The van der Waals surface area contributed by atoms with E-state index in [2.05, 4.69) is 18.1 Å². The van der Waals surface area contributed by atoms with E-state index >= 15 is 0 Å². The van der Waals surface area contributed by atoms with Gasteiger partial charge in [-0.2, -0.15) is 0 Å². The number of para-hydroxylation sites is 1. The highest BCUT2D eigenvalue weighted by molar-refractivity contribution is 6.08. The van der Waals surface area contributed by atoms with Crippen molar-refractivity contribution in [2.45, 2.75) is 0 Å². The van der Waals surface area contributed by atoms with E-state index in [1.54, 1.807) is 12.1 Å². The third-order valence-electron chi connectivity index (χ3n) is 5.97. The summed E-state index contributed by atoms with van der Waals surface area (Å²) < 4.78 is 11.0. The average Bonchev–Trinajstić information content (AvgIpc) is 2.95. The number of benzene rings is 5. The van der Waals surface area contributed by atoms with E-state index in [4.69, 9.17) is 9.47 Å². The molecule has 0 bridgehead atoms. The molecule has 0 amide bonds. The molecule has 0 radical (unpaired) electrons. The van der Waals surface area contributed by atoms with Crippen molar-refractivity contribution in [3.63, 3.8) is 0 Å². The SMILES string of the molecule is C=CC(=O)Oc1ccc(N(c2ccccc2)c2ccc(OC(=O)C=C)c3ccccc23)c2ccccc12. The Kier molecular flexibility index (Phi) is 6.51. The quantitative estimate of drug-likeness (QED) is 0.135. The molecule has 37 heavy (non-hydrogen) atoms. The summed E-state index contributed by atoms with van der Waals surface area (Å²) in [7, 11) is 0. The predicted octanol–water partition coefficient (Wildman–Crippen LogP) is 7.65. The van der Waals surface area contributed by atoms with Crippen molar-refractivity contribution in [2.75, 3.05) is 4.90 Å². The van der Waals surface area contributed by atoms with Gasteiger partial charge in [-0.3, -0.25) is 0 Å². The van der Waals surface area contributed by atoms with Crippen LogP contribution in [0, 0.1) is 0 Å². The first-order valence-electron chi connectivity index (χ1n) is 11.7. The molecule has 180 valence electrons. The van der Waals surface area contributed by atoms with E-state index in [9.17, 15) is 9.59 Å². The van der Waals surface area contributed by atoms with Crippen molar-refractivity contribution in [1.82, 2.24) is 0 Å². The van der Waals surface area contributed by atoms with Crippen molar-refractivity contribution in [2.24, 2.45) is 0 Å². The summed E-state index contributed by atoms with van der Waals surface area (Å²) in [6, 6.07) is 33.0. The molecular weight excluding hydrogens is 462 g/mol. The van der Waals surface area contributed by atoms with Crippen LogP contribution in [0.4, 0.5) is 17.1 Å². The van der Waals surface area contributed by atoms with Crippen LogP contribution in [0.15, 0.2) is 128 Å². The number of fused-ring (bicyclic) bond motifs is 2. The van der Waals surface area contributed by atoms with Crippen LogP contribution in [0.3, 0.4) is 0 Å². The Morgan fingerprint density at radius 3 is 1.38 bits per heavy atom. The van der Waals surface area contributed by atoms with Crippen molar-refractivity contribution in [3.8, 4) is 11.5 Å². The molecule has 5 heteroatoms. The van der Waals surface area contributed by atoms with Crippen LogP contribution in [0.1, 0.15) is 0 Å². The highest BCUT2D eigenvalue weighted by Crippen LogP contribution is 2.45.